The second-order valence-corrected chi connectivity index (χ2v) is 5.75. The number of rotatable bonds is 4. The van der Waals surface area contributed by atoms with Gasteiger partial charge in [-0.05, 0) is 25.0 Å². The summed E-state index contributed by atoms with van der Waals surface area (Å²) in [5.41, 5.74) is -0.126. The van der Waals surface area contributed by atoms with Crippen LogP contribution in [0.4, 0.5) is 29.7 Å². The number of carbonyl (C=O) groups is 2. The molecule has 0 spiro atoms. The van der Waals surface area contributed by atoms with E-state index in [1.165, 1.54) is 12.1 Å². The van der Waals surface area contributed by atoms with Crippen LogP contribution in [0.1, 0.15) is 12.8 Å². The third kappa shape index (κ3) is 3.49. The molecule has 0 aliphatic carbocycles. The summed E-state index contributed by atoms with van der Waals surface area (Å²) < 4.78 is 33.9. The topological polar surface area (TPSA) is 82.1 Å². The highest BCUT2D eigenvalue weighted by Crippen LogP contribution is 2.32. The zero-order chi connectivity index (χ0) is 18.0. The van der Waals surface area contributed by atoms with E-state index in [0.29, 0.717) is 6.54 Å². The number of ether oxygens (including phenoxy) is 1. The normalized spacial score (nSPS) is 19.9. The average molecular weight is 353 g/mol. The van der Waals surface area contributed by atoms with E-state index in [0.717, 1.165) is 17.7 Å². The quantitative estimate of drug-likeness (QED) is 0.870. The number of allylic oxidation sites excluding steroid dienone is 1. The fraction of sp³-hybridized carbons (Fsp3) is 0.375. The Morgan fingerprint density at radius 1 is 1.32 bits per heavy atom. The number of carboxylic acid groups (broad SMARTS) is 1. The van der Waals surface area contributed by atoms with Crippen LogP contribution in [0.5, 0.6) is 0 Å². The van der Waals surface area contributed by atoms with Crippen LogP contribution < -0.4 is 15.1 Å². The van der Waals surface area contributed by atoms with Gasteiger partial charge in [-0.2, -0.15) is 0 Å². The van der Waals surface area contributed by atoms with Gasteiger partial charge in [0, 0.05) is 12.7 Å². The maximum Gasteiger partial charge on any atom is 0.414 e. The summed E-state index contributed by atoms with van der Waals surface area (Å²) in [6, 6.07) is 2.74. The first-order valence-corrected chi connectivity index (χ1v) is 7.83. The molecule has 1 aromatic rings. The van der Waals surface area contributed by atoms with Gasteiger partial charge in [0.1, 0.15) is 6.10 Å². The molecule has 2 amide bonds. The number of hydrogen-bond donors (Lipinski definition) is 2. The van der Waals surface area contributed by atoms with Crippen molar-refractivity contribution in [1.82, 2.24) is 5.32 Å². The first-order chi connectivity index (χ1) is 12.0. The molecule has 7 nitrogen and oxygen atoms in total. The highest BCUT2D eigenvalue weighted by atomic mass is 19.2. The highest BCUT2D eigenvalue weighted by Gasteiger charge is 2.35. The molecule has 2 heterocycles. The zero-order valence-corrected chi connectivity index (χ0v) is 13.2. The maximum absolute atomic E-state index is 14.5. The zero-order valence-electron chi connectivity index (χ0n) is 13.2. The summed E-state index contributed by atoms with van der Waals surface area (Å²) in [5, 5.41) is 10.7. The van der Waals surface area contributed by atoms with Crippen molar-refractivity contribution in [2.45, 2.75) is 18.9 Å². The Hall–Kier alpha value is -2.84. The van der Waals surface area contributed by atoms with Crippen LogP contribution >= 0.6 is 0 Å². The van der Waals surface area contributed by atoms with Gasteiger partial charge in [-0.25, -0.2) is 18.4 Å². The molecule has 1 fully saturated rings. The molecule has 0 saturated carbocycles. The average Bonchev–Trinajstić information content (AvgIpc) is 2.97. The highest BCUT2D eigenvalue weighted by molar-refractivity contribution is 5.90. The summed E-state index contributed by atoms with van der Waals surface area (Å²) >= 11 is 0. The van der Waals surface area contributed by atoms with Gasteiger partial charge in [-0.1, -0.05) is 6.08 Å². The summed E-state index contributed by atoms with van der Waals surface area (Å²) in [4.78, 5) is 25.0. The number of anilines is 2. The van der Waals surface area contributed by atoms with Crippen LogP contribution in [0, 0.1) is 11.6 Å². The fourth-order valence-corrected chi connectivity index (χ4v) is 2.84. The van der Waals surface area contributed by atoms with Gasteiger partial charge < -0.3 is 20.1 Å². The van der Waals surface area contributed by atoms with Crippen molar-refractivity contribution in [3.8, 4) is 0 Å². The van der Waals surface area contributed by atoms with Gasteiger partial charge in [0.15, 0.2) is 11.6 Å². The Balaban J connectivity index is 1.80. The Morgan fingerprint density at radius 3 is 2.72 bits per heavy atom. The molecule has 1 aromatic carbocycles. The smallest absolute Gasteiger partial charge is 0.414 e. The molecule has 25 heavy (non-hydrogen) atoms. The SMILES string of the molecule is O=C(O)NC[C@H]1CN(c2ccc(N3C=CCCC3)c(F)c2F)C(=O)O1. The monoisotopic (exact) mass is 353 g/mol. The van der Waals surface area contributed by atoms with Crippen molar-refractivity contribution < 1.29 is 28.2 Å². The standard InChI is InChI=1S/C16H17F2N3O4/c17-13-11(20-6-2-1-3-7-20)4-5-12(14(13)18)21-9-10(25-16(21)24)8-19-15(22)23/h2,4-6,10,19H,1,3,7-9H2,(H,22,23)/t10-/m0/s1. The largest absolute Gasteiger partial charge is 0.465 e. The first-order valence-electron chi connectivity index (χ1n) is 7.83. The number of cyclic esters (lactones) is 1. The van der Waals surface area contributed by atoms with Gasteiger partial charge in [0.25, 0.3) is 0 Å². The third-order valence-corrected chi connectivity index (χ3v) is 4.05. The number of halogens is 2. The predicted octanol–water partition coefficient (Wildman–Crippen LogP) is 2.67. The molecule has 0 radical (unpaired) electrons. The number of carbonyl (C=O) groups excluding carboxylic acids is 1. The molecule has 0 unspecified atom stereocenters. The van der Waals surface area contributed by atoms with Gasteiger partial charge in [0.05, 0.1) is 24.5 Å². The van der Waals surface area contributed by atoms with E-state index in [-0.39, 0.29) is 24.5 Å². The number of benzene rings is 1. The second kappa shape index (κ2) is 6.96. The molecule has 2 aliphatic heterocycles. The number of hydrogen-bond acceptors (Lipinski definition) is 4. The maximum atomic E-state index is 14.5. The summed E-state index contributed by atoms with van der Waals surface area (Å²) in [5.74, 6) is -2.18. The molecular formula is C16H17F2N3O4. The Morgan fingerprint density at radius 2 is 2.04 bits per heavy atom. The van der Waals surface area contributed by atoms with E-state index in [2.05, 4.69) is 5.32 Å². The van der Waals surface area contributed by atoms with Gasteiger partial charge in [-0.15, -0.1) is 0 Å². The summed E-state index contributed by atoms with van der Waals surface area (Å²) in [7, 11) is 0. The lowest BCUT2D eigenvalue weighted by Crippen LogP contribution is -2.33. The lowest BCUT2D eigenvalue weighted by atomic mass is 10.1. The Labute approximate surface area is 142 Å². The van der Waals surface area contributed by atoms with E-state index in [1.54, 1.807) is 11.1 Å². The number of nitrogens with one attached hydrogen (secondary N) is 1. The first kappa shape index (κ1) is 17.0. The number of nitrogens with zero attached hydrogens (tertiary/aromatic N) is 2. The van der Waals surface area contributed by atoms with Crippen LogP contribution in [0.2, 0.25) is 0 Å². The minimum absolute atomic E-state index is 0.0710. The van der Waals surface area contributed by atoms with Crippen molar-refractivity contribution in [1.29, 1.82) is 0 Å². The van der Waals surface area contributed by atoms with Gasteiger partial charge >= 0.3 is 12.2 Å². The van der Waals surface area contributed by atoms with Crippen LogP contribution in [0.25, 0.3) is 0 Å². The van der Waals surface area contributed by atoms with Crippen molar-refractivity contribution in [3.05, 3.63) is 36.0 Å². The van der Waals surface area contributed by atoms with Crippen molar-refractivity contribution in [3.63, 3.8) is 0 Å². The van der Waals surface area contributed by atoms with Crippen molar-refractivity contribution in [2.24, 2.45) is 0 Å². The van der Waals surface area contributed by atoms with E-state index in [9.17, 15) is 18.4 Å². The van der Waals surface area contributed by atoms with Crippen LogP contribution in [-0.4, -0.2) is 43.0 Å². The second-order valence-electron chi connectivity index (χ2n) is 5.75. The van der Waals surface area contributed by atoms with Crippen LogP contribution in [0.15, 0.2) is 24.4 Å². The lowest BCUT2D eigenvalue weighted by Gasteiger charge is -2.25. The molecule has 3 rings (SSSR count). The Bertz CT molecular complexity index is 726. The minimum Gasteiger partial charge on any atom is -0.465 e. The fourth-order valence-electron chi connectivity index (χ4n) is 2.84. The van der Waals surface area contributed by atoms with Crippen molar-refractivity contribution in [2.75, 3.05) is 29.4 Å². The summed E-state index contributed by atoms with van der Waals surface area (Å²) in [6.07, 6.45) is 2.45. The molecular weight excluding hydrogens is 336 g/mol. The van der Waals surface area contributed by atoms with E-state index >= 15 is 0 Å². The predicted molar refractivity (Wildman–Crippen MR) is 85.7 cm³/mol. The van der Waals surface area contributed by atoms with Crippen LogP contribution in [0.3, 0.4) is 0 Å². The van der Waals surface area contributed by atoms with Gasteiger partial charge in [-0.3, -0.25) is 4.90 Å². The summed E-state index contributed by atoms with van der Waals surface area (Å²) in [6.45, 7) is 0.387. The van der Waals surface area contributed by atoms with Crippen LogP contribution in [-0.2, 0) is 4.74 Å². The third-order valence-electron chi connectivity index (χ3n) is 4.05. The Kier molecular flexibility index (Phi) is 4.73. The molecule has 0 aromatic heterocycles. The van der Waals surface area contributed by atoms with E-state index in [1.807, 2.05) is 6.08 Å². The molecule has 2 N–H and O–H groups in total. The molecule has 1 saturated heterocycles. The minimum atomic E-state index is -1.26. The molecule has 2 aliphatic rings. The molecule has 0 bridgehead atoms. The lowest BCUT2D eigenvalue weighted by molar-refractivity contribution is 0.136. The van der Waals surface area contributed by atoms with Crippen molar-refractivity contribution >= 4 is 23.6 Å². The molecule has 1 atom stereocenters. The molecule has 134 valence electrons. The number of amides is 2. The van der Waals surface area contributed by atoms with E-state index in [4.69, 9.17) is 9.84 Å². The van der Waals surface area contributed by atoms with Gasteiger partial charge in [0.2, 0.25) is 0 Å². The molecule has 9 heteroatoms. The van der Waals surface area contributed by atoms with E-state index < -0.39 is 29.9 Å².